The van der Waals surface area contributed by atoms with Crippen LogP contribution in [0.4, 0.5) is 0 Å². The first-order chi connectivity index (χ1) is 11.5. The lowest BCUT2D eigenvalue weighted by Crippen LogP contribution is -2.45. The topological polar surface area (TPSA) is 54.5 Å². The molecule has 3 rings (SSSR count). The second-order valence-electron chi connectivity index (χ2n) is 6.45. The molecule has 2 saturated heterocycles. The van der Waals surface area contributed by atoms with Crippen LogP contribution in [0.15, 0.2) is 24.3 Å². The summed E-state index contributed by atoms with van der Waals surface area (Å²) >= 11 is 0. The smallest absolute Gasteiger partial charge is 0.240 e. The summed E-state index contributed by atoms with van der Waals surface area (Å²) in [6.45, 7) is 7.46. The Morgan fingerprint density at radius 1 is 1.08 bits per heavy atom. The number of benzene rings is 1. The molecule has 1 unspecified atom stereocenters. The second kappa shape index (κ2) is 8.15. The van der Waals surface area contributed by atoms with Gasteiger partial charge in [-0.05, 0) is 49.7 Å². The van der Waals surface area contributed by atoms with Crippen LogP contribution in [0, 0.1) is 6.92 Å². The molecule has 0 radical (unpaired) electrons. The van der Waals surface area contributed by atoms with Crippen LogP contribution in [0.1, 0.15) is 56.6 Å². The van der Waals surface area contributed by atoms with Crippen LogP contribution in [0.25, 0.3) is 0 Å². The van der Waals surface area contributed by atoms with Gasteiger partial charge in [-0.1, -0.05) is 38.1 Å². The number of nitrogens with zero attached hydrogens (tertiary/aromatic N) is 1. The number of piperidine rings is 1. The molecule has 0 aliphatic carbocycles. The van der Waals surface area contributed by atoms with Gasteiger partial charge in [-0.15, -0.1) is 0 Å². The summed E-state index contributed by atoms with van der Waals surface area (Å²) in [5.41, 5.74) is 2.66. The number of amides is 1. The first kappa shape index (κ1) is 19.0. The minimum absolute atomic E-state index is 0.166. The fourth-order valence-electron chi connectivity index (χ4n) is 3.73. The number of rotatable bonds is 2. The van der Waals surface area contributed by atoms with Crippen LogP contribution < -0.4 is 0 Å². The van der Waals surface area contributed by atoms with Crippen molar-refractivity contribution in [3.8, 4) is 0 Å². The maximum absolute atomic E-state index is 12.5. The Kier molecular flexibility index (Phi) is 6.44. The molecule has 134 valence electrons. The molecule has 1 amide bonds. The van der Waals surface area contributed by atoms with E-state index in [-0.39, 0.29) is 11.7 Å². The highest BCUT2D eigenvalue weighted by Crippen LogP contribution is 2.31. The Morgan fingerprint density at radius 3 is 2.25 bits per heavy atom. The monoisotopic (exact) mass is 351 g/mol. The summed E-state index contributed by atoms with van der Waals surface area (Å²) in [4.78, 5) is 14.2. The minimum Gasteiger partial charge on any atom is -0.342 e. The molecule has 0 aromatic heterocycles. The number of carbonyl (C=O) groups excluding carboxylic acids is 1. The van der Waals surface area contributed by atoms with Crippen molar-refractivity contribution in [1.29, 1.82) is 0 Å². The molecule has 2 heterocycles. The van der Waals surface area contributed by atoms with Crippen molar-refractivity contribution in [1.82, 2.24) is 4.90 Å². The molecular weight excluding hydrogens is 322 g/mol. The minimum atomic E-state index is -3.20. The summed E-state index contributed by atoms with van der Waals surface area (Å²) in [5, 5.41) is -0.775. The van der Waals surface area contributed by atoms with E-state index >= 15 is 0 Å². The zero-order valence-corrected chi connectivity index (χ0v) is 15.8. The van der Waals surface area contributed by atoms with Gasteiger partial charge in [0.2, 0.25) is 5.91 Å². The maximum atomic E-state index is 12.5. The molecule has 5 heteroatoms. The Hall–Kier alpha value is -1.36. The van der Waals surface area contributed by atoms with Gasteiger partial charge in [-0.2, -0.15) is 0 Å². The van der Waals surface area contributed by atoms with E-state index in [0.717, 1.165) is 12.8 Å². The van der Waals surface area contributed by atoms with E-state index in [0.29, 0.717) is 31.8 Å². The summed E-state index contributed by atoms with van der Waals surface area (Å²) in [6, 6.07) is 8.39. The number of likely N-dealkylation sites (tertiary alicyclic amines) is 1. The van der Waals surface area contributed by atoms with Gasteiger partial charge < -0.3 is 4.90 Å². The third kappa shape index (κ3) is 4.00. The lowest BCUT2D eigenvalue weighted by Gasteiger charge is -2.34. The molecule has 24 heavy (non-hydrogen) atoms. The molecule has 1 aromatic rings. The van der Waals surface area contributed by atoms with Crippen LogP contribution in [0.5, 0.6) is 0 Å². The van der Waals surface area contributed by atoms with Gasteiger partial charge >= 0.3 is 0 Å². The lowest BCUT2D eigenvalue weighted by atomic mass is 9.87. The Labute approximate surface area is 146 Å². The highest BCUT2D eigenvalue weighted by atomic mass is 32.2. The van der Waals surface area contributed by atoms with E-state index in [1.807, 2.05) is 19.9 Å². The van der Waals surface area contributed by atoms with Gasteiger partial charge in [0.1, 0.15) is 5.25 Å². The van der Waals surface area contributed by atoms with Crippen molar-refractivity contribution in [2.75, 3.05) is 18.8 Å². The van der Waals surface area contributed by atoms with Crippen molar-refractivity contribution < 1.29 is 13.2 Å². The molecule has 4 nitrogen and oxygen atoms in total. The number of hydrogen-bond acceptors (Lipinski definition) is 3. The lowest BCUT2D eigenvalue weighted by molar-refractivity contribution is -0.131. The van der Waals surface area contributed by atoms with E-state index in [1.54, 1.807) is 4.90 Å². The zero-order valence-electron chi connectivity index (χ0n) is 15.0. The second-order valence-corrected chi connectivity index (χ2v) is 8.76. The maximum Gasteiger partial charge on any atom is 0.240 e. The third-order valence-corrected chi connectivity index (χ3v) is 7.20. The molecule has 0 saturated carbocycles. The van der Waals surface area contributed by atoms with E-state index in [2.05, 4.69) is 25.1 Å². The number of carbonyl (C=O) groups is 1. The Bertz CT molecular complexity index is 661. The normalized spacial score (nSPS) is 23.5. The summed E-state index contributed by atoms with van der Waals surface area (Å²) in [5.74, 6) is 0.481. The highest BCUT2D eigenvalue weighted by Gasteiger charge is 2.40. The molecular formula is C19H29NO3S. The van der Waals surface area contributed by atoms with Gasteiger partial charge in [0.25, 0.3) is 0 Å². The van der Waals surface area contributed by atoms with Gasteiger partial charge in [0, 0.05) is 13.1 Å². The van der Waals surface area contributed by atoms with E-state index in [1.165, 1.54) is 11.1 Å². The molecule has 2 fully saturated rings. The highest BCUT2D eigenvalue weighted by molar-refractivity contribution is 7.93. The van der Waals surface area contributed by atoms with Crippen molar-refractivity contribution in [2.24, 2.45) is 0 Å². The number of aryl methyl sites for hydroxylation is 1. The van der Waals surface area contributed by atoms with Crippen LogP contribution in [-0.2, 0) is 14.6 Å². The van der Waals surface area contributed by atoms with Crippen molar-refractivity contribution in [2.45, 2.75) is 57.6 Å². The number of hydrogen-bond donors (Lipinski definition) is 0. The quantitative estimate of drug-likeness (QED) is 0.821. The summed E-state index contributed by atoms with van der Waals surface area (Å²) < 4.78 is 23.9. The predicted molar refractivity (Wildman–Crippen MR) is 97.9 cm³/mol. The van der Waals surface area contributed by atoms with Crippen LogP contribution in [0.3, 0.4) is 0 Å². The average Bonchev–Trinajstić information content (AvgIpc) is 2.96. The first-order valence-corrected chi connectivity index (χ1v) is 10.8. The number of sulfone groups is 1. The van der Waals surface area contributed by atoms with Crippen molar-refractivity contribution in [3.63, 3.8) is 0 Å². The average molecular weight is 352 g/mol. The van der Waals surface area contributed by atoms with E-state index < -0.39 is 15.1 Å². The van der Waals surface area contributed by atoms with Crippen molar-refractivity contribution >= 4 is 15.7 Å². The standard InChI is InChI=1S/C17H23NO3S.C2H6/c1-13-5-2-3-6-15(13)14-8-10-18(11-9-14)17(19)16-7-4-12-22(16,20)21;1-2/h2-3,5-6,14,16H,4,7-12H2,1H3;1-2H3. The SMILES string of the molecule is CC.Cc1ccccc1C1CCN(C(=O)C2CCCS2(=O)=O)CC1. The van der Waals surface area contributed by atoms with Crippen LogP contribution in [-0.4, -0.2) is 43.3 Å². The zero-order chi connectivity index (χ0) is 17.7. The molecule has 0 bridgehead atoms. The third-order valence-electron chi connectivity index (χ3n) is 5.04. The Balaban J connectivity index is 0.00000100. The van der Waals surface area contributed by atoms with Gasteiger partial charge in [-0.3, -0.25) is 4.79 Å². The molecule has 2 aliphatic rings. The molecule has 0 spiro atoms. The fraction of sp³-hybridized carbons (Fsp3) is 0.632. The fourth-order valence-corrected chi connectivity index (χ4v) is 5.56. The summed E-state index contributed by atoms with van der Waals surface area (Å²) in [7, 11) is -3.20. The Morgan fingerprint density at radius 2 is 1.71 bits per heavy atom. The largest absolute Gasteiger partial charge is 0.342 e. The molecule has 2 aliphatic heterocycles. The van der Waals surface area contributed by atoms with E-state index in [4.69, 9.17) is 0 Å². The first-order valence-electron chi connectivity index (χ1n) is 9.05. The van der Waals surface area contributed by atoms with Gasteiger partial charge in [0.15, 0.2) is 9.84 Å². The molecule has 0 N–H and O–H groups in total. The van der Waals surface area contributed by atoms with Crippen LogP contribution >= 0.6 is 0 Å². The van der Waals surface area contributed by atoms with Crippen molar-refractivity contribution in [3.05, 3.63) is 35.4 Å². The van der Waals surface area contributed by atoms with Crippen LogP contribution in [0.2, 0.25) is 0 Å². The molecule has 1 aromatic carbocycles. The summed E-state index contributed by atoms with van der Waals surface area (Å²) in [6.07, 6.45) is 2.96. The predicted octanol–water partition coefficient (Wildman–Crippen LogP) is 3.30. The van der Waals surface area contributed by atoms with E-state index in [9.17, 15) is 13.2 Å². The van der Waals surface area contributed by atoms with Gasteiger partial charge in [0.05, 0.1) is 5.75 Å². The van der Waals surface area contributed by atoms with Gasteiger partial charge in [-0.25, -0.2) is 8.42 Å². The molecule has 1 atom stereocenters.